The molecule has 0 fully saturated rings. The van der Waals surface area contributed by atoms with Gasteiger partial charge >= 0.3 is 0 Å². The molecule has 0 radical (unpaired) electrons. The van der Waals surface area contributed by atoms with E-state index in [-0.39, 0.29) is 29.7 Å². The zero-order valence-corrected chi connectivity index (χ0v) is 26.6. The minimum absolute atomic E-state index is 0.0804. The molecule has 4 aromatic rings. The van der Waals surface area contributed by atoms with E-state index in [9.17, 15) is 18.0 Å². The molecule has 0 saturated heterocycles. The maximum Gasteiger partial charge on any atom is 0.264 e. The van der Waals surface area contributed by atoms with Crippen molar-refractivity contribution in [2.24, 2.45) is 5.92 Å². The smallest absolute Gasteiger partial charge is 0.264 e. The van der Waals surface area contributed by atoms with Crippen LogP contribution in [0, 0.1) is 19.8 Å². The van der Waals surface area contributed by atoms with Crippen molar-refractivity contribution < 1.29 is 18.0 Å². The number of rotatable bonds is 13. The number of para-hydroxylation sites is 1. The largest absolute Gasteiger partial charge is 0.354 e. The van der Waals surface area contributed by atoms with Crippen LogP contribution in [0.4, 0.5) is 5.69 Å². The molecule has 0 heterocycles. The Kier molecular flexibility index (Phi) is 11.0. The maximum absolute atomic E-state index is 14.5. The maximum atomic E-state index is 14.5. The van der Waals surface area contributed by atoms with E-state index in [2.05, 4.69) is 5.32 Å². The topological polar surface area (TPSA) is 86.8 Å². The van der Waals surface area contributed by atoms with Gasteiger partial charge in [0.05, 0.1) is 10.6 Å². The van der Waals surface area contributed by atoms with E-state index in [1.54, 1.807) is 30.3 Å². The van der Waals surface area contributed by atoms with Crippen molar-refractivity contribution in [3.63, 3.8) is 0 Å². The Labute approximate surface area is 261 Å². The number of anilines is 1. The Hall–Kier alpha value is -4.43. The molecule has 0 bridgehead atoms. The number of carbonyl (C=O) groups excluding carboxylic acids is 2. The molecule has 0 saturated carbocycles. The molecule has 0 aromatic heterocycles. The number of carbonyl (C=O) groups is 2. The lowest BCUT2D eigenvalue weighted by molar-refractivity contribution is -0.140. The fourth-order valence-corrected chi connectivity index (χ4v) is 6.56. The second-order valence-electron chi connectivity index (χ2n) is 11.5. The summed E-state index contributed by atoms with van der Waals surface area (Å²) in [7, 11) is -4.13. The molecular formula is C36H41N3O4S. The van der Waals surface area contributed by atoms with E-state index in [0.717, 1.165) is 21.0 Å². The highest BCUT2D eigenvalue weighted by atomic mass is 32.2. The van der Waals surface area contributed by atoms with Gasteiger partial charge in [0, 0.05) is 19.5 Å². The van der Waals surface area contributed by atoms with Crippen LogP contribution in [-0.4, -0.2) is 44.3 Å². The molecule has 8 heteroatoms. The van der Waals surface area contributed by atoms with Gasteiger partial charge in [-0.3, -0.25) is 13.9 Å². The van der Waals surface area contributed by atoms with Crippen LogP contribution in [0.3, 0.4) is 0 Å². The van der Waals surface area contributed by atoms with Crippen molar-refractivity contribution in [3.8, 4) is 0 Å². The van der Waals surface area contributed by atoms with Gasteiger partial charge in [-0.25, -0.2) is 8.42 Å². The van der Waals surface area contributed by atoms with E-state index in [1.807, 2.05) is 94.4 Å². The normalized spacial score (nSPS) is 12.0. The Balaban J connectivity index is 1.80. The molecule has 0 spiro atoms. The van der Waals surface area contributed by atoms with E-state index >= 15 is 0 Å². The number of amides is 2. The van der Waals surface area contributed by atoms with E-state index < -0.39 is 28.5 Å². The number of hydrogen-bond donors (Lipinski definition) is 1. The molecule has 230 valence electrons. The van der Waals surface area contributed by atoms with E-state index in [4.69, 9.17) is 0 Å². The van der Waals surface area contributed by atoms with Gasteiger partial charge in [-0.1, -0.05) is 110 Å². The number of hydrogen-bond acceptors (Lipinski definition) is 4. The summed E-state index contributed by atoms with van der Waals surface area (Å²) in [6.07, 6.45) is 0.276. The number of sulfonamides is 1. The van der Waals surface area contributed by atoms with Crippen molar-refractivity contribution in [3.05, 3.63) is 131 Å². The summed E-state index contributed by atoms with van der Waals surface area (Å²) in [4.78, 5) is 30.0. The predicted molar refractivity (Wildman–Crippen MR) is 176 cm³/mol. The number of benzene rings is 4. The molecule has 1 N–H and O–H groups in total. The average molecular weight is 612 g/mol. The summed E-state index contributed by atoms with van der Waals surface area (Å²) < 4.78 is 29.3. The molecule has 44 heavy (non-hydrogen) atoms. The lowest BCUT2D eigenvalue weighted by Gasteiger charge is -2.34. The molecule has 7 nitrogen and oxygen atoms in total. The monoisotopic (exact) mass is 611 g/mol. The Morgan fingerprint density at radius 1 is 0.773 bits per heavy atom. The van der Waals surface area contributed by atoms with Crippen LogP contribution in [0.5, 0.6) is 0 Å². The highest BCUT2D eigenvalue weighted by molar-refractivity contribution is 7.92. The molecule has 4 aromatic carbocycles. The van der Waals surface area contributed by atoms with Gasteiger partial charge in [-0.05, 0) is 54.7 Å². The third-order valence-electron chi connectivity index (χ3n) is 7.39. The average Bonchev–Trinajstić information content (AvgIpc) is 3.01. The Bertz CT molecular complexity index is 1660. The van der Waals surface area contributed by atoms with Crippen LogP contribution in [0.2, 0.25) is 0 Å². The molecule has 0 aliphatic heterocycles. The molecular weight excluding hydrogens is 570 g/mol. The van der Waals surface area contributed by atoms with Crippen LogP contribution in [0.1, 0.15) is 36.1 Å². The van der Waals surface area contributed by atoms with Crippen LogP contribution in [0.15, 0.2) is 114 Å². The number of nitrogens with one attached hydrogen (secondary N) is 1. The van der Waals surface area contributed by atoms with Gasteiger partial charge in [0.25, 0.3) is 10.0 Å². The summed E-state index contributed by atoms with van der Waals surface area (Å²) in [5, 5.41) is 3.02. The van der Waals surface area contributed by atoms with Crippen molar-refractivity contribution in [1.29, 1.82) is 0 Å². The molecule has 0 unspecified atom stereocenters. The van der Waals surface area contributed by atoms with Crippen LogP contribution in [0.25, 0.3) is 0 Å². The summed E-state index contributed by atoms with van der Waals surface area (Å²) in [6, 6.07) is 31.7. The number of nitrogens with zero attached hydrogens (tertiary/aromatic N) is 2. The zero-order valence-electron chi connectivity index (χ0n) is 25.8. The third kappa shape index (κ3) is 8.35. The molecule has 0 aliphatic carbocycles. The lowest BCUT2D eigenvalue weighted by atomic mass is 10.0. The highest BCUT2D eigenvalue weighted by Crippen LogP contribution is 2.27. The standard InChI is InChI=1S/C36H41N3O4S/c1-27(2)24-37-36(41)34(23-30-16-7-5-8-17-30)38(25-31-18-13-14-28(3)22-31)35(40)26-39(33-21-12-11-15-29(33)4)44(42,43)32-19-9-6-10-20-32/h5-22,27,34H,23-26H2,1-4H3,(H,37,41)/t34-/m0/s1. The van der Waals surface area contributed by atoms with E-state index in [0.29, 0.717) is 17.8 Å². The molecule has 2 amide bonds. The second kappa shape index (κ2) is 14.8. The first-order valence-corrected chi connectivity index (χ1v) is 16.3. The second-order valence-corrected chi connectivity index (χ2v) is 13.3. The first-order chi connectivity index (χ1) is 21.1. The van der Waals surface area contributed by atoms with E-state index in [1.165, 1.54) is 17.0 Å². The zero-order chi connectivity index (χ0) is 31.7. The predicted octanol–water partition coefficient (Wildman–Crippen LogP) is 5.91. The van der Waals surface area contributed by atoms with Gasteiger partial charge < -0.3 is 10.2 Å². The van der Waals surface area contributed by atoms with Gasteiger partial charge in [-0.15, -0.1) is 0 Å². The van der Waals surface area contributed by atoms with Crippen molar-refractivity contribution in [2.45, 2.75) is 51.6 Å². The van der Waals surface area contributed by atoms with Crippen molar-refractivity contribution in [1.82, 2.24) is 10.2 Å². The summed E-state index contributed by atoms with van der Waals surface area (Å²) in [5.74, 6) is -0.545. The molecule has 4 rings (SSSR count). The Morgan fingerprint density at radius 3 is 2.02 bits per heavy atom. The first kappa shape index (κ1) is 32.5. The molecule has 1 atom stereocenters. The fourth-order valence-electron chi connectivity index (χ4n) is 5.06. The third-order valence-corrected chi connectivity index (χ3v) is 9.16. The minimum atomic E-state index is -4.13. The van der Waals surface area contributed by atoms with Crippen LogP contribution in [-0.2, 0) is 32.6 Å². The minimum Gasteiger partial charge on any atom is -0.354 e. The van der Waals surface area contributed by atoms with Crippen molar-refractivity contribution >= 4 is 27.5 Å². The lowest BCUT2D eigenvalue weighted by Crippen LogP contribution is -2.53. The summed E-state index contributed by atoms with van der Waals surface area (Å²) in [5.41, 5.74) is 3.88. The van der Waals surface area contributed by atoms with Gasteiger partial charge in [0.1, 0.15) is 12.6 Å². The molecule has 0 aliphatic rings. The van der Waals surface area contributed by atoms with Crippen LogP contribution >= 0.6 is 0 Å². The SMILES string of the molecule is Cc1cccc(CN(C(=O)CN(c2ccccc2C)S(=O)(=O)c2ccccc2)[C@@H](Cc2ccccc2)C(=O)NCC(C)C)c1. The van der Waals surface area contributed by atoms with Gasteiger partial charge in [0.15, 0.2) is 0 Å². The summed E-state index contributed by atoms with van der Waals surface area (Å²) in [6.45, 7) is 7.92. The quantitative estimate of drug-likeness (QED) is 0.204. The summed E-state index contributed by atoms with van der Waals surface area (Å²) >= 11 is 0. The highest BCUT2D eigenvalue weighted by Gasteiger charge is 2.35. The van der Waals surface area contributed by atoms with Gasteiger partial charge in [-0.2, -0.15) is 0 Å². The van der Waals surface area contributed by atoms with Crippen LogP contribution < -0.4 is 9.62 Å². The first-order valence-electron chi connectivity index (χ1n) is 14.9. The fraction of sp³-hybridized carbons (Fsp3) is 0.278. The van der Waals surface area contributed by atoms with Crippen molar-refractivity contribution in [2.75, 3.05) is 17.4 Å². The number of aryl methyl sites for hydroxylation is 2. The van der Waals surface area contributed by atoms with Gasteiger partial charge in [0.2, 0.25) is 11.8 Å². The Morgan fingerprint density at radius 2 is 1.39 bits per heavy atom.